The van der Waals surface area contributed by atoms with E-state index in [9.17, 15) is 29.1 Å². The molecule has 2 N–H and O–H groups in total. The molecule has 13 heteroatoms. The zero-order valence-electron chi connectivity index (χ0n) is 36.6. The summed E-state index contributed by atoms with van der Waals surface area (Å²) in [7, 11) is -2.43. The number of hydrogen-bond acceptors (Lipinski definition) is 9. The molecule has 2 heterocycles. The summed E-state index contributed by atoms with van der Waals surface area (Å²) in [6.07, 6.45) is 1.88. The van der Waals surface area contributed by atoms with Gasteiger partial charge in [-0.15, -0.1) is 0 Å². The van der Waals surface area contributed by atoms with Gasteiger partial charge in [0.15, 0.2) is 12.0 Å². The first-order valence-corrected chi connectivity index (χ1v) is 23.3. The van der Waals surface area contributed by atoms with Gasteiger partial charge < -0.3 is 29.2 Å². The van der Waals surface area contributed by atoms with Crippen LogP contribution >= 0.6 is 0 Å². The molecule has 1 unspecified atom stereocenters. The van der Waals surface area contributed by atoms with Gasteiger partial charge in [-0.25, -0.2) is 9.69 Å². The molecule has 2 fully saturated rings. The minimum atomic E-state index is -2.43. The Hall–Kier alpha value is -4.49. The van der Waals surface area contributed by atoms with Crippen molar-refractivity contribution in [2.75, 3.05) is 18.1 Å². The number of esters is 1. The van der Waals surface area contributed by atoms with E-state index in [1.807, 2.05) is 20.8 Å². The van der Waals surface area contributed by atoms with E-state index in [2.05, 4.69) is 53.4 Å². The molecule has 322 valence electrons. The Morgan fingerprint density at radius 2 is 1.56 bits per heavy atom. The summed E-state index contributed by atoms with van der Waals surface area (Å²) < 4.78 is 18.0. The Bertz CT molecular complexity index is 1880. The van der Waals surface area contributed by atoms with Gasteiger partial charge in [0.1, 0.15) is 19.0 Å². The van der Waals surface area contributed by atoms with Crippen molar-refractivity contribution in [2.24, 2.45) is 17.3 Å². The van der Waals surface area contributed by atoms with Gasteiger partial charge in [0.25, 0.3) is 14.2 Å². The molecule has 2 aliphatic heterocycles. The van der Waals surface area contributed by atoms with Gasteiger partial charge in [-0.3, -0.25) is 19.2 Å². The molecule has 1 saturated heterocycles. The maximum Gasteiger partial charge on any atom is 0.416 e. The number of anilines is 1. The number of aliphatic hydroxyl groups excluding tert-OH is 1. The number of nitrogens with zero attached hydrogens (tertiary/aromatic N) is 2. The monoisotopic (exact) mass is 831 g/mol. The van der Waals surface area contributed by atoms with Crippen molar-refractivity contribution >= 4 is 43.7 Å². The van der Waals surface area contributed by atoms with Crippen LogP contribution in [0.4, 0.5) is 10.5 Å². The maximum absolute atomic E-state index is 14.3. The highest BCUT2D eigenvalue weighted by Gasteiger charge is 2.58. The van der Waals surface area contributed by atoms with E-state index in [4.69, 9.17) is 13.9 Å². The van der Waals surface area contributed by atoms with E-state index in [1.165, 1.54) is 11.0 Å². The molecule has 3 amide bonds. The fraction of sp³-hybridized carbons (Fsp3) is 0.587. The highest BCUT2D eigenvalue weighted by atomic mass is 28.4. The largest absolute Gasteiger partial charge is 0.542 e. The summed E-state index contributed by atoms with van der Waals surface area (Å²) in [5, 5.41) is 14.8. The number of hydrogen-bond donors (Lipinski definition) is 2. The van der Waals surface area contributed by atoms with Crippen LogP contribution in [0.25, 0.3) is 0 Å². The van der Waals surface area contributed by atoms with E-state index in [1.54, 1.807) is 48.2 Å². The lowest BCUT2D eigenvalue weighted by Gasteiger charge is -2.42. The Kier molecular flexibility index (Phi) is 14.2. The van der Waals surface area contributed by atoms with Gasteiger partial charge in [0, 0.05) is 19.0 Å². The van der Waals surface area contributed by atoms with Crippen LogP contribution in [0.15, 0.2) is 49.1 Å². The molecule has 2 aromatic carbocycles. The van der Waals surface area contributed by atoms with E-state index in [0.717, 1.165) is 18.4 Å². The van der Waals surface area contributed by atoms with E-state index in [-0.39, 0.29) is 71.4 Å². The molecular weight excluding hydrogens is 767 g/mol. The second-order valence-corrected chi connectivity index (χ2v) is 23.7. The standard InChI is InChI=1S/C46H65N3O9Si/c1-12-19-56-41(51)22-35(27(2)3)42(52)47-32(11)39(50)21-33-13-15-34(16-14-33)25-57-45(55)49-37-23-40(58-59(28(4)5,29(6)7)30(8)9)31(10)20-36(37)43(53)48-26-46(17-18-46)24-38(48)44(49)54/h12-16,20,23,27-30,32,35,38,44,54H,1,17-19,21-22,24-26H2,2-11H3,(H,47,52)/t32-,35+,38-,44?/m0/s1. The minimum Gasteiger partial charge on any atom is -0.542 e. The number of aryl methyl sites for hydroxylation is 1. The summed E-state index contributed by atoms with van der Waals surface area (Å²) >= 11 is 0. The number of aliphatic hydroxyl groups is 1. The number of carbonyl (C=O) groups excluding carboxylic acids is 5. The number of benzene rings is 2. The lowest BCUT2D eigenvalue weighted by molar-refractivity contribution is -0.146. The Morgan fingerprint density at radius 1 is 0.949 bits per heavy atom. The molecule has 1 spiro atoms. The first-order valence-electron chi connectivity index (χ1n) is 21.2. The summed E-state index contributed by atoms with van der Waals surface area (Å²) in [5.41, 5.74) is 3.62. The van der Waals surface area contributed by atoms with Crippen molar-refractivity contribution in [1.29, 1.82) is 0 Å². The molecule has 2 aromatic rings. The second-order valence-electron chi connectivity index (χ2n) is 18.3. The van der Waals surface area contributed by atoms with Crippen LogP contribution in [-0.4, -0.2) is 79.4 Å². The Morgan fingerprint density at radius 3 is 2.12 bits per heavy atom. The molecule has 0 radical (unpaired) electrons. The number of rotatable bonds is 17. The van der Waals surface area contributed by atoms with Crippen molar-refractivity contribution in [1.82, 2.24) is 10.2 Å². The number of carbonyl (C=O) groups is 5. The normalized spacial score (nSPS) is 19.3. The molecule has 3 aliphatic rings. The van der Waals surface area contributed by atoms with Crippen LogP contribution in [0, 0.1) is 24.2 Å². The van der Waals surface area contributed by atoms with Crippen LogP contribution in [0.5, 0.6) is 5.75 Å². The second kappa shape index (κ2) is 18.4. The predicted molar refractivity (Wildman–Crippen MR) is 229 cm³/mol. The predicted octanol–water partition coefficient (Wildman–Crippen LogP) is 8.03. The zero-order valence-corrected chi connectivity index (χ0v) is 37.6. The average molecular weight is 832 g/mol. The molecule has 0 bridgehead atoms. The molecule has 4 atom stereocenters. The van der Waals surface area contributed by atoms with Crippen LogP contribution < -0.4 is 14.6 Å². The topological polar surface area (TPSA) is 152 Å². The lowest BCUT2D eigenvalue weighted by atomic mass is 9.91. The van der Waals surface area contributed by atoms with Crippen LogP contribution in [0.2, 0.25) is 16.6 Å². The number of amides is 3. The fourth-order valence-corrected chi connectivity index (χ4v) is 14.6. The lowest BCUT2D eigenvalue weighted by Crippen LogP contribution is -2.51. The molecule has 12 nitrogen and oxygen atoms in total. The van der Waals surface area contributed by atoms with Gasteiger partial charge in [0.05, 0.1) is 35.7 Å². The van der Waals surface area contributed by atoms with Gasteiger partial charge in [-0.1, -0.05) is 92.3 Å². The first kappa shape index (κ1) is 45.6. The quantitative estimate of drug-likeness (QED) is 0.0918. The van der Waals surface area contributed by atoms with Crippen molar-refractivity contribution in [3.8, 4) is 5.75 Å². The third-order valence-electron chi connectivity index (χ3n) is 12.8. The van der Waals surface area contributed by atoms with Crippen LogP contribution in [0.1, 0.15) is 115 Å². The van der Waals surface area contributed by atoms with Crippen LogP contribution in [-0.2, 0) is 36.9 Å². The highest BCUT2D eigenvalue weighted by Crippen LogP contribution is 2.57. The smallest absolute Gasteiger partial charge is 0.416 e. The summed E-state index contributed by atoms with van der Waals surface area (Å²) in [6, 6.07) is 9.25. The molecule has 5 rings (SSSR count). The van der Waals surface area contributed by atoms with Crippen LogP contribution in [0.3, 0.4) is 0 Å². The molecule has 1 aliphatic carbocycles. The number of fused-ring (bicyclic) bond motifs is 2. The minimum absolute atomic E-state index is 0.0203. The third kappa shape index (κ3) is 9.77. The summed E-state index contributed by atoms with van der Waals surface area (Å²) in [4.78, 5) is 69.8. The van der Waals surface area contributed by atoms with Crippen molar-refractivity contribution in [3.05, 3.63) is 71.3 Å². The van der Waals surface area contributed by atoms with Crippen molar-refractivity contribution in [2.45, 2.75) is 143 Å². The van der Waals surface area contributed by atoms with Gasteiger partial charge in [0.2, 0.25) is 5.91 Å². The summed E-state index contributed by atoms with van der Waals surface area (Å²) in [5.74, 6) is -1.51. The number of ether oxygens (including phenoxy) is 2. The van der Waals surface area contributed by atoms with Crippen molar-refractivity contribution < 1.29 is 43.0 Å². The third-order valence-corrected chi connectivity index (χ3v) is 18.8. The van der Waals surface area contributed by atoms with E-state index < -0.39 is 50.5 Å². The molecule has 0 aromatic heterocycles. The summed E-state index contributed by atoms with van der Waals surface area (Å²) in [6.45, 7) is 24.5. The SMILES string of the molecule is C=CCOC(=O)C[C@@H](C(=O)N[C@@H](C)C(=O)Cc1ccc(COC(=O)N2c3cc(O[Si](C(C)C)(C(C)C)C(C)C)c(C)cc3C(=O)N3CC4(CC4)C[C@H]3C2O)cc1)C(C)C. The van der Waals surface area contributed by atoms with Gasteiger partial charge in [-0.2, -0.15) is 0 Å². The maximum atomic E-state index is 14.3. The number of Topliss-reactive ketones (excluding diaryl/α,β-unsaturated/α-hetero) is 1. The van der Waals surface area contributed by atoms with E-state index in [0.29, 0.717) is 35.4 Å². The Balaban J connectivity index is 1.31. The van der Waals surface area contributed by atoms with Gasteiger partial charge >= 0.3 is 12.1 Å². The van der Waals surface area contributed by atoms with E-state index >= 15 is 0 Å². The Labute approximate surface area is 351 Å². The van der Waals surface area contributed by atoms with Gasteiger partial charge in [-0.05, 0) is 83.8 Å². The number of ketones is 1. The first-order chi connectivity index (χ1) is 27.7. The van der Waals surface area contributed by atoms with Crippen molar-refractivity contribution in [3.63, 3.8) is 0 Å². The average Bonchev–Trinajstić information content (AvgIpc) is 3.84. The molecule has 59 heavy (non-hydrogen) atoms. The highest BCUT2D eigenvalue weighted by molar-refractivity contribution is 6.78. The number of nitrogens with one attached hydrogen (secondary N) is 1. The fourth-order valence-electron chi connectivity index (χ4n) is 9.25. The zero-order chi connectivity index (χ0) is 43.6. The molecule has 1 saturated carbocycles. The molecular formula is C46H65N3O9Si.